The quantitative estimate of drug-likeness (QED) is 0.728. The van der Waals surface area contributed by atoms with Crippen LogP contribution in [0.1, 0.15) is 22.3 Å². The Hall–Kier alpha value is -2.28. The summed E-state index contributed by atoms with van der Waals surface area (Å²) < 4.78 is 28.3. The van der Waals surface area contributed by atoms with E-state index in [2.05, 4.69) is 5.10 Å². The van der Waals surface area contributed by atoms with Gasteiger partial charge in [0.15, 0.2) is 11.6 Å². The molecule has 0 atom stereocenters. The smallest absolute Gasteiger partial charge is 0.268 e. The van der Waals surface area contributed by atoms with E-state index in [4.69, 9.17) is 0 Å². The third-order valence-electron chi connectivity index (χ3n) is 3.68. The molecule has 0 fully saturated rings. The van der Waals surface area contributed by atoms with E-state index in [9.17, 15) is 13.6 Å². The van der Waals surface area contributed by atoms with Crippen LogP contribution < -0.4 is 4.90 Å². The molecule has 0 spiro atoms. The predicted octanol–water partition coefficient (Wildman–Crippen LogP) is 3.89. The Morgan fingerprint density at radius 2 is 2.04 bits per heavy atom. The number of amides is 1. The Labute approximate surface area is 135 Å². The highest BCUT2D eigenvalue weighted by Gasteiger charge is 2.21. The molecule has 120 valence electrons. The third kappa shape index (κ3) is 2.61. The lowest BCUT2D eigenvalue weighted by molar-refractivity contribution is 0.0992. The average molecular weight is 335 g/mol. The first-order chi connectivity index (χ1) is 10.9. The van der Waals surface area contributed by atoms with Gasteiger partial charge in [-0.25, -0.2) is 8.78 Å². The van der Waals surface area contributed by atoms with E-state index in [1.165, 1.54) is 22.3 Å². The maximum absolute atomic E-state index is 13.4. The molecule has 0 aliphatic carbocycles. The summed E-state index contributed by atoms with van der Waals surface area (Å²) in [7, 11) is 1.83. The van der Waals surface area contributed by atoms with Gasteiger partial charge in [-0.05, 0) is 32.0 Å². The topological polar surface area (TPSA) is 38.1 Å². The molecule has 23 heavy (non-hydrogen) atoms. The van der Waals surface area contributed by atoms with Gasteiger partial charge in [-0.2, -0.15) is 5.10 Å². The zero-order valence-corrected chi connectivity index (χ0v) is 13.7. The molecular formula is C16H15F2N3OS. The van der Waals surface area contributed by atoms with Crippen LogP contribution in [0.3, 0.4) is 0 Å². The van der Waals surface area contributed by atoms with Crippen LogP contribution >= 0.6 is 11.3 Å². The highest BCUT2D eigenvalue weighted by Crippen LogP contribution is 2.30. The summed E-state index contributed by atoms with van der Waals surface area (Å²) in [5, 5.41) is 5.24. The molecule has 3 rings (SSSR count). The van der Waals surface area contributed by atoms with Crippen LogP contribution in [0.2, 0.25) is 0 Å². The fraction of sp³-hybridized carbons (Fsp3) is 0.250. The number of anilines is 1. The van der Waals surface area contributed by atoms with Crippen LogP contribution in [0.15, 0.2) is 24.3 Å². The van der Waals surface area contributed by atoms with Gasteiger partial charge in [0.2, 0.25) is 0 Å². The predicted molar refractivity (Wildman–Crippen MR) is 87.0 cm³/mol. The largest absolute Gasteiger partial charge is 0.308 e. The molecule has 1 amide bonds. The van der Waals surface area contributed by atoms with Crippen molar-refractivity contribution in [2.45, 2.75) is 13.8 Å². The molecule has 1 aromatic carbocycles. The molecule has 0 unspecified atom stereocenters. The second-order valence-electron chi connectivity index (χ2n) is 5.19. The van der Waals surface area contributed by atoms with Gasteiger partial charge in [-0.15, -0.1) is 11.3 Å². The molecule has 3 aromatic rings. The van der Waals surface area contributed by atoms with E-state index in [-0.39, 0.29) is 5.91 Å². The summed E-state index contributed by atoms with van der Waals surface area (Å²) in [5.74, 6) is -2.13. The minimum atomic E-state index is -0.967. The second-order valence-corrected chi connectivity index (χ2v) is 6.22. The SMILES string of the molecule is CCN(C(=O)c1cc2c(C)nn(C)c2s1)c1ccc(F)c(F)c1. The zero-order chi connectivity index (χ0) is 16.7. The lowest BCUT2D eigenvalue weighted by atomic mass is 10.2. The summed E-state index contributed by atoms with van der Waals surface area (Å²) >= 11 is 1.34. The molecule has 4 nitrogen and oxygen atoms in total. The van der Waals surface area contributed by atoms with Gasteiger partial charge in [0, 0.05) is 30.7 Å². The van der Waals surface area contributed by atoms with Crippen molar-refractivity contribution in [1.82, 2.24) is 9.78 Å². The maximum atomic E-state index is 13.4. The highest BCUT2D eigenvalue weighted by molar-refractivity contribution is 7.20. The minimum absolute atomic E-state index is 0.237. The van der Waals surface area contributed by atoms with Crippen molar-refractivity contribution in [2.75, 3.05) is 11.4 Å². The van der Waals surface area contributed by atoms with Gasteiger partial charge in [0.1, 0.15) is 4.83 Å². The first-order valence-electron chi connectivity index (χ1n) is 7.12. The van der Waals surface area contributed by atoms with Gasteiger partial charge in [0.25, 0.3) is 5.91 Å². The summed E-state index contributed by atoms with van der Waals surface area (Å²) in [5.41, 5.74) is 1.19. The number of thiophene rings is 1. The van der Waals surface area contributed by atoms with Gasteiger partial charge in [-0.1, -0.05) is 0 Å². The van der Waals surface area contributed by atoms with Gasteiger partial charge in [-0.3, -0.25) is 9.48 Å². The van der Waals surface area contributed by atoms with E-state index >= 15 is 0 Å². The molecule has 0 N–H and O–H groups in total. The van der Waals surface area contributed by atoms with Crippen LogP contribution in [0.5, 0.6) is 0 Å². The van der Waals surface area contributed by atoms with Crippen LogP contribution in [-0.2, 0) is 7.05 Å². The van der Waals surface area contributed by atoms with Gasteiger partial charge in [0.05, 0.1) is 10.6 Å². The number of hydrogen-bond acceptors (Lipinski definition) is 3. The van der Waals surface area contributed by atoms with E-state index in [1.807, 2.05) is 14.0 Å². The number of rotatable bonds is 3. The van der Waals surface area contributed by atoms with E-state index in [0.29, 0.717) is 17.1 Å². The normalized spacial score (nSPS) is 11.2. The van der Waals surface area contributed by atoms with Crippen molar-refractivity contribution in [2.24, 2.45) is 7.05 Å². The lowest BCUT2D eigenvalue weighted by Crippen LogP contribution is -2.30. The third-order valence-corrected chi connectivity index (χ3v) is 4.87. The molecule has 0 radical (unpaired) electrons. The summed E-state index contributed by atoms with van der Waals surface area (Å²) in [6.45, 7) is 4.03. The van der Waals surface area contributed by atoms with Crippen molar-refractivity contribution in [1.29, 1.82) is 0 Å². The fourth-order valence-corrected chi connectivity index (χ4v) is 3.61. The summed E-state index contributed by atoms with van der Waals surface area (Å²) in [6, 6.07) is 5.27. The Morgan fingerprint density at radius 3 is 2.65 bits per heavy atom. The van der Waals surface area contributed by atoms with Crippen molar-refractivity contribution < 1.29 is 13.6 Å². The van der Waals surface area contributed by atoms with Crippen molar-refractivity contribution in [3.05, 3.63) is 46.5 Å². The maximum Gasteiger partial charge on any atom is 0.268 e. The molecule has 0 saturated carbocycles. The molecule has 7 heteroatoms. The number of fused-ring (bicyclic) bond motifs is 1. The van der Waals surface area contributed by atoms with Crippen LogP contribution in [-0.4, -0.2) is 22.2 Å². The van der Waals surface area contributed by atoms with Crippen LogP contribution in [0.25, 0.3) is 10.2 Å². The lowest BCUT2D eigenvalue weighted by Gasteiger charge is -2.20. The van der Waals surface area contributed by atoms with E-state index in [0.717, 1.165) is 28.0 Å². The number of carbonyl (C=O) groups excluding carboxylic acids is 1. The van der Waals surface area contributed by atoms with E-state index < -0.39 is 11.6 Å². The zero-order valence-electron chi connectivity index (χ0n) is 12.9. The Kier molecular flexibility index (Phi) is 3.89. The highest BCUT2D eigenvalue weighted by atomic mass is 32.1. The van der Waals surface area contributed by atoms with Crippen LogP contribution in [0.4, 0.5) is 14.5 Å². The number of aromatic nitrogens is 2. The monoisotopic (exact) mass is 335 g/mol. The van der Waals surface area contributed by atoms with Crippen molar-refractivity contribution >= 4 is 33.1 Å². The molecule has 2 aromatic heterocycles. The number of nitrogens with zero attached hydrogens (tertiary/aromatic N) is 3. The summed E-state index contributed by atoms with van der Waals surface area (Å²) in [6.07, 6.45) is 0. The molecule has 0 aliphatic heterocycles. The molecular weight excluding hydrogens is 320 g/mol. The Morgan fingerprint density at radius 1 is 1.30 bits per heavy atom. The van der Waals surface area contributed by atoms with Gasteiger partial charge < -0.3 is 4.90 Å². The molecule has 2 heterocycles. The van der Waals surface area contributed by atoms with E-state index in [1.54, 1.807) is 17.7 Å². The summed E-state index contributed by atoms with van der Waals surface area (Å²) in [4.78, 5) is 15.6. The molecule has 0 bridgehead atoms. The minimum Gasteiger partial charge on any atom is -0.308 e. The molecule has 0 aliphatic rings. The number of carbonyl (C=O) groups is 1. The Bertz CT molecular complexity index is 866. The van der Waals surface area contributed by atoms with Crippen molar-refractivity contribution in [3.8, 4) is 0 Å². The average Bonchev–Trinajstić information content (AvgIpc) is 3.06. The number of hydrogen-bond donors (Lipinski definition) is 0. The number of benzene rings is 1. The fourth-order valence-electron chi connectivity index (χ4n) is 2.54. The second kappa shape index (κ2) is 5.73. The van der Waals surface area contributed by atoms with Crippen LogP contribution in [0, 0.1) is 18.6 Å². The first kappa shape index (κ1) is 15.6. The standard InChI is InChI=1S/C16H15F2N3OS/c1-4-21(10-5-6-12(17)13(18)7-10)15(22)14-8-11-9(2)19-20(3)16(11)23-14/h5-8H,4H2,1-3H3. The Balaban J connectivity index is 2.00. The molecule has 0 saturated heterocycles. The van der Waals surface area contributed by atoms with Crippen molar-refractivity contribution in [3.63, 3.8) is 0 Å². The number of halogens is 2. The van der Waals surface area contributed by atoms with Gasteiger partial charge >= 0.3 is 0 Å². The first-order valence-corrected chi connectivity index (χ1v) is 7.94. The number of aryl methyl sites for hydroxylation is 2.